The molecule has 2 aliphatic carbocycles. The van der Waals surface area contributed by atoms with E-state index in [-0.39, 0.29) is 12.4 Å². The molecule has 0 saturated heterocycles. The van der Waals surface area contributed by atoms with Gasteiger partial charge in [0.15, 0.2) is 0 Å². The van der Waals surface area contributed by atoms with Gasteiger partial charge in [0.2, 0.25) is 0 Å². The van der Waals surface area contributed by atoms with Gasteiger partial charge in [-0.3, -0.25) is 4.90 Å². The SMILES string of the molecule is CN(CCOCC1CC1)C(CN)C1CC1.Cl. The predicted octanol–water partition coefficient (Wildman–Crippen LogP) is 1.50. The summed E-state index contributed by atoms with van der Waals surface area (Å²) in [5, 5.41) is 0. The molecule has 0 aromatic carbocycles. The van der Waals surface area contributed by atoms with Crippen molar-refractivity contribution in [3.63, 3.8) is 0 Å². The molecule has 4 heteroatoms. The fourth-order valence-electron chi connectivity index (χ4n) is 2.12. The van der Waals surface area contributed by atoms with Gasteiger partial charge in [-0.15, -0.1) is 12.4 Å². The first kappa shape index (κ1) is 14.2. The van der Waals surface area contributed by atoms with Gasteiger partial charge in [0.1, 0.15) is 0 Å². The van der Waals surface area contributed by atoms with E-state index in [2.05, 4.69) is 11.9 Å². The molecule has 0 aromatic rings. The third kappa shape index (κ3) is 4.58. The van der Waals surface area contributed by atoms with Gasteiger partial charge >= 0.3 is 0 Å². The van der Waals surface area contributed by atoms with Crippen LogP contribution >= 0.6 is 12.4 Å². The van der Waals surface area contributed by atoms with E-state index in [0.29, 0.717) is 6.04 Å². The highest BCUT2D eigenvalue weighted by atomic mass is 35.5. The molecule has 0 aromatic heterocycles. The van der Waals surface area contributed by atoms with Gasteiger partial charge in [0, 0.05) is 25.7 Å². The predicted molar refractivity (Wildman–Crippen MR) is 69.0 cm³/mol. The van der Waals surface area contributed by atoms with Gasteiger partial charge in [-0.1, -0.05) is 0 Å². The van der Waals surface area contributed by atoms with E-state index in [4.69, 9.17) is 10.5 Å². The summed E-state index contributed by atoms with van der Waals surface area (Å²) >= 11 is 0. The molecule has 3 nitrogen and oxygen atoms in total. The van der Waals surface area contributed by atoms with E-state index >= 15 is 0 Å². The third-order valence-electron chi connectivity index (χ3n) is 3.61. The molecule has 2 rings (SSSR count). The Hall–Kier alpha value is 0.170. The number of halogens is 1. The minimum atomic E-state index is 0. The highest BCUT2D eigenvalue weighted by molar-refractivity contribution is 5.85. The minimum Gasteiger partial charge on any atom is -0.380 e. The van der Waals surface area contributed by atoms with E-state index in [0.717, 1.165) is 38.1 Å². The summed E-state index contributed by atoms with van der Waals surface area (Å²) in [5.74, 6) is 1.74. The molecular weight excluding hydrogens is 224 g/mol. The van der Waals surface area contributed by atoms with Crippen LogP contribution in [0.4, 0.5) is 0 Å². The maximum absolute atomic E-state index is 5.79. The van der Waals surface area contributed by atoms with Crippen molar-refractivity contribution in [2.45, 2.75) is 31.7 Å². The first-order valence-electron chi connectivity index (χ1n) is 6.29. The van der Waals surface area contributed by atoms with E-state index in [1.165, 1.54) is 25.7 Å². The van der Waals surface area contributed by atoms with Gasteiger partial charge in [-0.2, -0.15) is 0 Å². The lowest BCUT2D eigenvalue weighted by Gasteiger charge is -2.26. The molecule has 1 atom stereocenters. The quantitative estimate of drug-likeness (QED) is 0.662. The average Bonchev–Trinajstić information content (AvgIpc) is 3.06. The Balaban J connectivity index is 0.00000128. The number of rotatable bonds is 8. The maximum Gasteiger partial charge on any atom is 0.0593 e. The van der Waals surface area contributed by atoms with Crippen LogP contribution in [0.2, 0.25) is 0 Å². The molecule has 1 unspecified atom stereocenters. The molecule has 0 heterocycles. The first-order valence-corrected chi connectivity index (χ1v) is 6.29. The van der Waals surface area contributed by atoms with Crippen LogP contribution in [0.25, 0.3) is 0 Å². The van der Waals surface area contributed by atoms with Crippen molar-refractivity contribution in [1.82, 2.24) is 4.90 Å². The highest BCUT2D eigenvalue weighted by Crippen LogP contribution is 2.34. The van der Waals surface area contributed by atoms with Crippen LogP contribution < -0.4 is 5.73 Å². The second kappa shape index (κ2) is 6.80. The lowest BCUT2D eigenvalue weighted by atomic mass is 10.1. The van der Waals surface area contributed by atoms with Gasteiger partial charge < -0.3 is 10.5 Å². The Bertz CT molecular complexity index is 195. The van der Waals surface area contributed by atoms with E-state index in [1.54, 1.807) is 0 Å². The summed E-state index contributed by atoms with van der Waals surface area (Å²) in [5.41, 5.74) is 5.79. The Morgan fingerprint density at radius 2 is 2.00 bits per heavy atom. The van der Waals surface area contributed by atoms with Crippen LogP contribution in [-0.4, -0.2) is 44.3 Å². The average molecular weight is 249 g/mol. The van der Waals surface area contributed by atoms with Crippen molar-refractivity contribution < 1.29 is 4.74 Å². The van der Waals surface area contributed by atoms with E-state index in [9.17, 15) is 0 Å². The van der Waals surface area contributed by atoms with Crippen LogP contribution in [0.5, 0.6) is 0 Å². The minimum absolute atomic E-state index is 0. The molecule has 0 bridgehead atoms. The van der Waals surface area contributed by atoms with E-state index < -0.39 is 0 Å². The fourth-order valence-corrected chi connectivity index (χ4v) is 2.12. The number of nitrogens with two attached hydrogens (primary N) is 1. The van der Waals surface area contributed by atoms with Crippen LogP contribution in [0.3, 0.4) is 0 Å². The standard InChI is InChI=1S/C12H24N2O.ClH/c1-14(12(8-13)11-4-5-11)6-7-15-9-10-2-3-10;/h10-12H,2-9,13H2,1H3;1H. The van der Waals surface area contributed by atoms with Crippen LogP contribution in [0.15, 0.2) is 0 Å². The zero-order valence-corrected chi connectivity index (χ0v) is 11.0. The van der Waals surface area contributed by atoms with Gasteiger partial charge in [-0.05, 0) is 44.6 Å². The topological polar surface area (TPSA) is 38.5 Å². The molecule has 2 saturated carbocycles. The van der Waals surface area contributed by atoms with Crippen LogP contribution in [0.1, 0.15) is 25.7 Å². The molecule has 0 aliphatic heterocycles. The number of ether oxygens (including phenoxy) is 1. The number of hydrogen-bond acceptors (Lipinski definition) is 3. The number of nitrogens with zero attached hydrogens (tertiary/aromatic N) is 1. The Kier molecular flexibility index (Phi) is 6.05. The smallest absolute Gasteiger partial charge is 0.0593 e. The number of hydrogen-bond donors (Lipinski definition) is 1. The summed E-state index contributed by atoms with van der Waals surface area (Å²) in [6.07, 6.45) is 5.50. The molecular formula is C12H25ClN2O. The first-order chi connectivity index (χ1) is 7.31. The van der Waals surface area contributed by atoms with E-state index in [1.807, 2.05) is 0 Å². The molecule has 96 valence electrons. The van der Waals surface area contributed by atoms with Crippen molar-refractivity contribution in [3.05, 3.63) is 0 Å². The van der Waals surface area contributed by atoms with Crippen molar-refractivity contribution >= 4 is 12.4 Å². The summed E-state index contributed by atoms with van der Waals surface area (Å²) in [7, 11) is 2.18. The summed E-state index contributed by atoms with van der Waals surface area (Å²) in [4.78, 5) is 2.38. The van der Waals surface area contributed by atoms with Crippen molar-refractivity contribution in [3.8, 4) is 0 Å². The maximum atomic E-state index is 5.79. The summed E-state index contributed by atoms with van der Waals surface area (Å²) in [6, 6.07) is 0.592. The number of likely N-dealkylation sites (N-methyl/N-ethyl adjacent to an activating group) is 1. The van der Waals surface area contributed by atoms with Crippen LogP contribution in [0, 0.1) is 11.8 Å². The third-order valence-corrected chi connectivity index (χ3v) is 3.61. The normalized spacial score (nSPS) is 21.9. The molecule has 2 aliphatic rings. The van der Waals surface area contributed by atoms with Gasteiger partial charge in [-0.25, -0.2) is 0 Å². The largest absolute Gasteiger partial charge is 0.380 e. The highest BCUT2D eigenvalue weighted by Gasteiger charge is 2.32. The Morgan fingerprint density at radius 3 is 2.50 bits per heavy atom. The Morgan fingerprint density at radius 1 is 1.31 bits per heavy atom. The lowest BCUT2D eigenvalue weighted by Crippen LogP contribution is -2.41. The molecule has 0 radical (unpaired) electrons. The second-order valence-electron chi connectivity index (χ2n) is 5.14. The second-order valence-corrected chi connectivity index (χ2v) is 5.14. The zero-order chi connectivity index (χ0) is 10.7. The molecule has 2 N–H and O–H groups in total. The van der Waals surface area contributed by atoms with Gasteiger partial charge in [0.05, 0.1) is 6.61 Å². The fraction of sp³-hybridized carbons (Fsp3) is 1.00. The molecule has 0 spiro atoms. The summed E-state index contributed by atoms with van der Waals surface area (Å²) in [6.45, 7) is 3.68. The van der Waals surface area contributed by atoms with Crippen molar-refractivity contribution in [1.29, 1.82) is 0 Å². The molecule has 0 amide bonds. The van der Waals surface area contributed by atoms with Gasteiger partial charge in [0.25, 0.3) is 0 Å². The van der Waals surface area contributed by atoms with Crippen molar-refractivity contribution in [2.75, 3.05) is 33.4 Å². The monoisotopic (exact) mass is 248 g/mol. The molecule has 16 heavy (non-hydrogen) atoms. The molecule has 2 fully saturated rings. The zero-order valence-electron chi connectivity index (χ0n) is 10.2. The Labute approximate surface area is 105 Å². The van der Waals surface area contributed by atoms with Crippen molar-refractivity contribution in [2.24, 2.45) is 17.6 Å². The lowest BCUT2D eigenvalue weighted by molar-refractivity contribution is 0.0888. The van der Waals surface area contributed by atoms with Crippen LogP contribution in [-0.2, 0) is 4.74 Å². The summed E-state index contributed by atoms with van der Waals surface area (Å²) < 4.78 is 5.64.